The second-order valence-corrected chi connectivity index (χ2v) is 4.65. The molecule has 0 spiro atoms. The van der Waals surface area contributed by atoms with Crippen LogP contribution in [0, 0.1) is 0 Å². The van der Waals surface area contributed by atoms with Crippen molar-refractivity contribution >= 4 is 28.9 Å². The van der Waals surface area contributed by atoms with E-state index < -0.39 is 5.60 Å². The molecule has 1 aromatic rings. The third kappa shape index (κ3) is 3.90. The largest absolute Gasteiger partial charge is 0.388 e. The normalized spacial score (nSPS) is 14.7. The van der Waals surface area contributed by atoms with E-state index in [1.807, 2.05) is 13.0 Å². The predicted octanol–water partition coefficient (Wildman–Crippen LogP) is 3.57. The van der Waals surface area contributed by atoms with E-state index in [0.717, 1.165) is 5.69 Å². The van der Waals surface area contributed by atoms with Gasteiger partial charge in [-0.05, 0) is 31.5 Å². The van der Waals surface area contributed by atoms with Gasteiger partial charge in [-0.25, -0.2) is 0 Å². The summed E-state index contributed by atoms with van der Waals surface area (Å²) in [5, 5.41) is 13.9. The Balaban J connectivity index is 2.62. The lowest BCUT2D eigenvalue weighted by Crippen LogP contribution is -2.32. The highest BCUT2D eigenvalue weighted by molar-refractivity contribution is 6.42. The molecule has 0 radical (unpaired) electrons. The molecule has 0 saturated carbocycles. The van der Waals surface area contributed by atoms with Crippen molar-refractivity contribution in [1.82, 2.24) is 0 Å². The first kappa shape index (κ1) is 12.6. The number of nitrogens with one attached hydrogen (secondary N) is 1. The zero-order valence-electron chi connectivity index (χ0n) is 8.85. The Labute approximate surface area is 100 Å². The van der Waals surface area contributed by atoms with Gasteiger partial charge in [0, 0.05) is 12.2 Å². The maximum Gasteiger partial charge on any atom is 0.0788 e. The Morgan fingerprint density at radius 1 is 1.33 bits per heavy atom. The van der Waals surface area contributed by atoms with E-state index in [4.69, 9.17) is 23.2 Å². The van der Waals surface area contributed by atoms with Crippen LogP contribution in [0.3, 0.4) is 0 Å². The van der Waals surface area contributed by atoms with E-state index in [1.54, 1.807) is 19.1 Å². The molecule has 0 heterocycles. The summed E-state index contributed by atoms with van der Waals surface area (Å²) < 4.78 is 0. The Bertz CT molecular complexity index is 339. The first-order valence-electron chi connectivity index (χ1n) is 4.86. The van der Waals surface area contributed by atoms with Crippen LogP contribution in [0.5, 0.6) is 0 Å². The van der Waals surface area contributed by atoms with E-state index in [1.165, 1.54) is 0 Å². The van der Waals surface area contributed by atoms with Crippen LogP contribution in [-0.2, 0) is 0 Å². The number of rotatable bonds is 4. The van der Waals surface area contributed by atoms with Crippen LogP contribution >= 0.6 is 23.2 Å². The topological polar surface area (TPSA) is 32.3 Å². The van der Waals surface area contributed by atoms with Gasteiger partial charge in [0.2, 0.25) is 0 Å². The van der Waals surface area contributed by atoms with Crippen molar-refractivity contribution in [3.05, 3.63) is 28.2 Å². The lowest BCUT2D eigenvalue weighted by atomic mass is 10.0. The number of benzene rings is 1. The van der Waals surface area contributed by atoms with Gasteiger partial charge in [0.15, 0.2) is 0 Å². The van der Waals surface area contributed by atoms with Gasteiger partial charge in [-0.15, -0.1) is 0 Å². The van der Waals surface area contributed by atoms with Gasteiger partial charge in [0.05, 0.1) is 15.6 Å². The maximum absolute atomic E-state index is 9.79. The van der Waals surface area contributed by atoms with Crippen molar-refractivity contribution < 1.29 is 5.11 Å². The standard InChI is InChI=1S/C11H15Cl2NO/c1-3-11(2,15)7-14-8-4-5-9(12)10(13)6-8/h4-6,14-15H,3,7H2,1-2H3. The van der Waals surface area contributed by atoms with Gasteiger partial charge in [-0.3, -0.25) is 0 Å². The zero-order valence-corrected chi connectivity index (χ0v) is 10.4. The summed E-state index contributed by atoms with van der Waals surface area (Å²) in [7, 11) is 0. The molecule has 4 heteroatoms. The quantitative estimate of drug-likeness (QED) is 0.853. The number of hydrogen-bond donors (Lipinski definition) is 2. The monoisotopic (exact) mass is 247 g/mol. The van der Waals surface area contributed by atoms with Crippen molar-refractivity contribution in [3.8, 4) is 0 Å². The summed E-state index contributed by atoms with van der Waals surface area (Å²) in [6.45, 7) is 4.22. The molecular weight excluding hydrogens is 233 g/mol. The molecule has 15 heavy (non-hydrogen) atoms. The van der Waals surface area contributed by atoms with Crippen LogP contribution in [0.25, 0.3) is 0 Å². The van der Waals surface area contributed by atoms with Crippen molar-refractivity contribution in [3.63, 3.8) is 0 Å². The average Bonchev–Trinajstić information content (AvgIpc) is 2.20. The molecule has 0 fully saturated rings. The number of halogens is 2. The number of anilines is 1. The maximum atomic E-state index is 9.79. The Hall–Kier alpha value is -0.440. The van der Waals surface area contributed by atoms with Crippen LogP contribution in [-0.4, -0.2) is 17.3 Å². The van der Waals surface area contributed by atoms with Crippen molar-refractivity contribution in [2.75, 3.05) is 11.9 Å². The summed E-state index contributed by atoms with van der Waals surface area (Å²) in [5.74, 6) is 0. The third-order valence-electron chi connectivity index (χ3n) is 2.35. The SMILES string of the molecule is CCC(C)(O)CNc1ccc(Cl)c(Cl)c1. The molecule has 1 rings (SSSR count). The molecule has 1 atom stereocenters. The third-order valence-corrected chi connectivity index (χ3v) is 3.09. The summed E-state index contributed by atoms with van der Waals surface area (Å²) in [6.07, 6.45) is 0.696. The van der Waals surface area contributed by atoms with E-state index in [9.17, 15) is 5.11 Å². The second kappa shape index (κ2) is 5.06. The lowest BCUT2D eigenvalue weighted by Gasteiger charge is -2.22. The summed E-state index contributed by atoms with van der Waals surface area (Å²) in [5.41, 5.74) is 0.157. The van der Waals surface area contributed by atoms with Crippen LogP contribution in [0.4, 0.5) is 5.69 Å². The van der Waals surface area contributed by atoms with Crippen LogP contribution in [0.15, 0.2) is 18.2 Å². The minimum absolute atomic E-state index is 0.488. The number of hydrogen-bond acceptors (Lipinski definition) is 2. The molecule has 0 aromatic heterocycles. The summed E-state index contributed by atoms with van der Waals surface area (Å²) >= 11 is 11.7. The molecule has 0 saturated heterocycles. The Kier molecular flexibility index (Phi) is 4.26. The van der Waals surface area contributed by atoms with E-state index in [2.05, 4.69) is 5.32 Å². The molecule has 1 aromatic carbocycles. The van der Waals surface area contributed by atoms with Crippen LogP contribution in [0.2, 0.25) is 10.0 Å². The highest BCUT2D eigenvalue weighted by Gasteiger charge is 2.16. The van der Waals surface area contributed by atoms with Gasteiger partial charge < -0.3 is 10.4 Å². The number of aliphatic hydroxyl groups is 1. The predicted molar refractivity (Wildman–Crippen MR) is 65.9 cm³/mol. The molecule has 0 bridgehead atoms. The Morgan fingerprint density at radius 2 is 2.00 bits per heavy atom. The van der Waals surface area contributed by atoms with Crippen molar-refractivity contribution in [2.45, 2.75) is 25.9 Å². The summed E-state index contributed by atoms with van der Waals surface area (Å²) in [4.78, 5) is 0. The first-order valence-corrected chi connectivity index (χ1v) is 5.61. The van der Waals surface area contributed by atoms with Gasteiger partial charge in [-0.1, -0.05) is 30.1 Å². The van der Waals surface area contributed by atoms with Crippen LogP contribution < -0.4 is 5.32 Å². The zero-order chi connectivity index (χ0) is 11.5. The highest BCUT2D eigenvalue weighted by Crippen LogP contribution is 2.25. The van der Waals surface area contributed by atoms with Crippen LogP contribution in [0.1, 0.15) is 20.3 Å². The molecular formula is C11H15Cl2NO. The van der Waals surface area contributed by atoms with Crippen molar-refractivity contribution in [2.24, 2.45) is 0 Å². The molecule has 2 N–H and O–H groups in total. The molecule has 0 aliphatic rings. The lowest BCUT2D eigenvalue weighted by molar-refractivity contribution is 0.0697. The van der Waals surface area contributed by atoms with Gasteiger partial charge in [0.25, 0.3) is 0 Å². The fourth-order valence-corrected chi connectivity index (χ4v) is 1.32. The minimum atomic E-state index is -0.702. The molecule has 0 amide bonds. The van der Waals surface area contributed by atoms with Gasteiger partial charge >= 0.3 is 0 Å². The Morgan fingerprint density at radius 3 is 2.53 bits per heavy atom. The summed E-state index contributed by atoms with van der Waals surface area (Å²) in [6, 6.07) is 5.31. The van der Waals surface area contributed by atoms with Gasteiger partial charge in [-0.2, -0.15) is 0 Å². The second-order valence-electron chi connectivity index (χ2n) is 3.83. The molecule has 2 nitrogen and oxygen atoms in total. The first-order chi connectivity index (χ1) is 6.94. The highest BCUT2D eigenvalue weighted by atomic mass is 35.5. The average molecular weight is 248 g/mol. The fourth-order valence-electron chi connectivity index (χ4n) is 1.02. The fraction of sp³-hybridized carbons (Fsp3) is 0.455. The van der Waals surface area contributed by atoms with E-state index >= 15 is 0 Å². The smallest absolute Gasteiger partial charge is 0.0788 e. The minimum Gasteiger partial charge on any atom is -0.388 e. The molecule has 84 valence electrons. The van der Waals surface area contributed by atoms with E-state index in [0.29, 0.717) is 23.0 Å². The molecule has 0 aliphatic heterocycles. The molecule has 1 unspecified atom stereocenters. The van der Waals surface area contributed by atoms with Gasteiger partial charge in [0.1, 0.15) is 0 Å². The van der Waals surface area contributed by atoms with Crippen molar-refractivity contribution in [1.29, 1.82) is 0 Å². The van der Waals surface area contributed by atoms with E-state index in [-0.39, 0.29) is 0 Å². The molecule has 0 aliphatic carbocycles.